The van der Waals surface area contributed by atoms with Crippen LogP contribution in [-0.4, -0.2) is 28.7 Å². The number of rotatable bonds is 6. The molecule has 4 nitrogen and oxygen atoms in total. The predicted octanol–water partition coefficient (Wildman–Crippen LogP) is 2.55. The van der Waals surface area contributed by atoms with Gasteiger partial charge < -0.3 is 11.1 Å². The number of aromatic nitrogens is 1. The predicted molar refractivity (Wildman–Crippen MR) is 93.3 cm³/mol. The monoisotopic (exact) mass is 351 g/mol. The van der Waals surface area contributed by atoms with Crippen LogP contribution in [-0.2, 0) is 10.5 Å². The molecule has 1 saturated carbocycles. The first-order valence-corrected chi connectivity index (χ1v) is 7.88. The molecule has 2 rings (SSSR count). The van der Waals surface area contributed by atoms with Crippen LogP contribution in [0.5, 0.6) is 0 Å². The lowest BCUT2D eigenvalue weighted by molar-refractivity contribution is -0.120. The zero-order valence-corrected chi connectivity index (χ0v) is 14.4. The first kappa shape index (κ1) is 20.5. The molecule has 1 heterocycles. The molecule has 0 aromatic carbocycles. The molecular formula is C14H23Cl2N3OS. The van der Waals surface area contributed by atoms with Crippen molar-refractivity contribution in [3.63, 3.8) is 0 Å². The molecule has 0 aliphatic heterocycles. The van der Waals surface area contributed by atoms with Crippen LogP contribution in [0.4, 0.5) is 0 Å². The quantitative estimate of drug-likeness (QED) is 0.826. The molecule has 3 N–H and O–H groups in total. The summed E-state index contributed by atoms with van der Waals surface area (Å²) in [6.45, 7) is 0.545. The number of nitrogens with one attached hydrogen (secondary N) is 1. The molecule has 0 saturated heterocycles. The van der Waals surface area contributed by atoms with E-state index in [9.17, 15) is 4.79 Å². The third-order valence-corrected chi connectivity index (χ3v) is 4.53. The molecule has 0 atom stereocenters. The van der Waals surface area contributed by atoms with E-state index in [1.54, 1.807) is 18.0 Å². The van der Waals surface area contributed by atoms with Crippen molar-refractivity contribution < 1.29 is 4.79 Å². The van der Waals surface area contributed by atoms with E-state index >= 15 is 0 Å². The molecule has 0 unspecified atom stereocenters. The average molecular weight is 352 g/mol. The highest BCUT2D eigenvalue weighted by Crippen LogP contribution is 2.28. The number of pyridine rings is 1. The molecule has 0 bridgehead atoms. The van der Waals surface area contributed by atoms with Crippen molar-refractivity contribution in [2.24, 2.45) is 5.73 Å². The van der Waals surface area contributed by atoms with Gasteiger partial charge in [0, 0.05) is 18.5 Å². The smallest absolute Gasteiger partial charge is 0.230 e. The summed E-state index contributed by atoms with van der Waals surface area (Å²) in [5.74, 6) is 1.33. The lowest BCUT2D eigenvalue weighted by Crippen LogP contribution is -2.52. The van der Waals surface area contributed by atoms with Crippen molar-refractivity contribution in [1.82, 2.24) is 10.3 Å². The highest BCUT2D eigenvalue weighted by molar-refractivity contribution is 7.99. The molecule has 0 radical (unpaired) electrons. The van der Waals surface area contributed by atoms with Crippen LogP contribution < -0.4 is 11.1 Å². The summed E-state index contributed by atoms with van der Waals surface area (Å²) in [5.41, 5.74) is 6.68. The lowest BCUT2D eigenvalue weighted by Gasteiger charge is -2.28. The topological polar surface area (TPSA) is 68.0 Å². The summed E-state index contributed by atoms with van der Waals surface area (Å²) in [6.07, 6.45) is 6.13. The molecule has 7 heteroatoms. The van der Waals surface area contributed by atoms with Crippen LogP contribution in [0.25, 0.3) is 0 Å². The standard InChI is InChI=1S/C14H21N3OS.2ClH/c15-11-14(6-2-3-7-14)17-13(18)10-19-9-12-5-1-4-8-16-12;;/h1,4-5,8H,2-3,6-7,9-11,15H2,(H,17,18);2*1H. The molecule has 0 spiro atoms. The molecular weight excluding hydrogens is 329 g/mol. The summed E-state index contributed by atoms with van der Waals surface area (Å²) in [5, 5.41) is 3.12. The van der Waals surface area contributed by atoms with Crippen molar-refractivity contribution in [3.05, 3.63) is 30.1 Å². The minimum atomic E-state index is -0.136. The average Bonchev–Trinajstić information content (AvgIpc) is 2.89. The molecule has 1 aromatic heterocycles. The van der Waals surface area contributed by atoms with Crippen LogP contribution >= 0.6 is 36.6 Å². The van der Waals surface area contributed by atoms with Crippen molar-refractivity contribution >= 4 is 42.5 Å². The van der Waals surface area contributed by atoms with Gasteiger partial charge in [-0.15, -0.1) is 36.6 Å². The van der Waals surface area contributed by atoms with Crippen LogP contribution in [0, 0.1) is 0 Å². The third kappa shape index (κ3) is 6.43. The Morgan fingerprint density at radius 1 is 1.33 bits per heavy atom. The number of nitrogens with two attached hydrogens (primary N) is 1. The highest BCUT2D eigenvalue weighted by atomic mass is 35.5. The summed E-state index contributed by atoms with van der Waals surface area (Å²) < 4.78 is 0. The third-order valence-electron chi connectivity index (χ3n) is 3.57. The first-order valence-electron chi connectivity index (χ1n) is 6.73. The van der Waals surface area contributed by atoms with Crippen LogP contribution in [0.15, 0.2) is 24.4 Å². The maximum Gasteiger partial charge on any atom is 0.230 e. The molecule has 1 fully saturated rings. The molecule has 1 aliphatic rings. The van der Waals surface area contributed by atoms with Crippen LogP contribution in [0.3, 0.4) is 0 Å². The Kier molecular flexibility index (Phi) is 10.0. The maximum atomic E-state index is 11.9. The van der Waals surface area contributed by atoms with Gasteiger partial charge in [-0.05, 0) is 25.0 Å². The number of hydrogen-bond donors (Lipinski definition) is 2. The van der Waals surface area contributed by atoms with Gasteiger partial charge in [-0.1, -0.05) is 18.9 Å². The first-order chi connectivity index (χ1) is 9.24. The van der Waals surface area contributed by atoms with E-state index in [1.807, 2.05) is 18.2 Å². The minimum absolute atomic E-state index is 0. The number of hydrogen-bond acceptors (Lipinski definition) is 4. The molecule has 1 aromatic rings. The van der Waals surface area contributed by atoms with E-state index in [0.717, 1.165) is 24.3 Å². The van der Waals surface area contributed by atoms with Crippen molar-refractivity contribution in [2.45, 2.75) is 37.0 Å². The number of halogens is 2. The van der Waals surface area contributed by atoms with Crippen molar-refractivity contribution in [1.29, 1.82) is 0 Å². The van der Waals surface area contributed by atoms with Crippen LogP contribution in [0.1, 0.15) is 31.4 Å². The SMILES string of the molecule is Cl.Cl.NCC1(NC(=O)CSCc2ccccn2)CCCC1. The largest absolute Gasteiger partial charge is 0.349 e. The maximum absolute atomic E-state index is 11.9. The van der Waals surface area contributed by atoms with Crippen LogP contribution in [0.2, 0.25) is 0 Å². The number of carbonyl (C=O) groups excluding carboxylic acids is 1. The van der Waals surface area contributed by atoms with E-state index in [4.69, 9.17) is 5.73 Å². The molecule has 1 aliphatic carbocycles. The molecule has 1 amide bonds. The Hall–Kier alpha value is -0.490. The Bertz CT molecular complexity index is 414. The zero-order chi connectivity index (χ0) is 13.6. The number of amides is 1. The van der Waals surface area contributed by atoms with Gasteiger partial charge in [0.05, 0.1) is 17.0 Å². The van der Waals surface area contributed by atoms with Gasteiger partial charge >= 0.3 is 0 Å². The highest BCUT2D eigenvalue weighted by Gasteiger charge is 2.33. The van der Waals surface area contributed by atoms with Crippen molar-refractivity contribution in [2.75, 3.05) is 12.3 Å². The van der Waals surface area contributed by atoms with Gasteiger partial charge in [0.25, 0.3) is 0 Å². The molecule has 21 heavy (non-hydrogen) atoms. The van der Waals surface area contributed by atoms with Gasteiger partial charge in [0.1, 0.15) is 0 Å². The second-order valence-corrected chi connectivity index (χ2v) is 6.04. The Labute approximate surface area is 142 Å². The normalized spacial score (nSPS) is 15.7. The number of carbonyl (C=O) groups is 1. The minimum Gasteiger partial charge on any atom is -0.349 e. The van der Waals surface area contributed by atoms with Crippen molar-refractivity contribution in [3.8, 4) is 0 Å². The van der Waals surface area contributed by atoms with E-state index in [0.29, 0.717) is 12.3 Å². The van der Waals surface area contributed by atoms with E-state index in [1.165, 1.54) is 12.8 Å². The van der Waals surface area contributed by atoms with E-state index in [-0.39, 0.29) is 36.3 Å². The number of nitrogens with zero attached hydrogens (tertiary/aromatic N) is 1. The van der Waals surface area contributed by atoms with Gasteiger partial charge in [-0.2, -0.15) is 0 Å². The lowest BCUT2D eigenvalue weighted by atomic mass is 9.98. The fraction of sp³-hybridized carbons (Fsp3) is 0.571. The fourth-order valence-corrected chi connectivity index (χ4v) is 3.24. The summed E-state index contributed by atoms with van der Waals surface area (Å²) in [7, 11) is 0. The Morgan fingerprint density at radius 2 is 2.05 bits per heavy atom. The fourth-order valence-electron chi connectivity index (χ4n) is 2.50. The summed E-state index contributed by atoms with van der Waals surface area (Å²) in [4.78, 5) is 16.2. The van der Waals surface area contributed by atoms with Gasteiger partial charge in [0.15, 0.2) is 0 Å². The second-order valence-electron chi connectivity index (χ2n) is 5.05. The number of thioether (sulfide) groups is 1. The summed E-state index contributed by atoms with van der Waals surface area (Å²) >= 11 is 1.59. The van der Waals surface area contributed by atoms with Gasteiger partial charge in [-0.3, -0.25) is 9.78 Å². The summed E-state index contributed by atoms with van der Waals surface area (Å²) in [6, 6.07) is 5.83. The Balaban J connectivity index is 0.00000200. The van der Waals surface area contributed by atoms with E-state index in [2.05, 4.69) is 10.3 Å². The Morgan fingerprint density at radius 3 is 2.62 bits per heavy atom. The van der Waals surface area contributed by atoms with E-state index < -0.39 is 0 Å². The second kappa shape index (κ2) is 10.3. The zero-order valence-electron chi connectivity index (χ0n) is 11.9. The van der Waals surface area contributed by atoms with Gasteiger partial charge in [-0.25, -0.2) is 0 Å². The van der Waals surface area contributed by atoms with Gasteiger partial charge in [0.2, 0.25) is 5.91 Å². The molecule has 120 valence electrons.